The second kappa shape index (κ2) is 9.83. The van der Waals surface area contributed by atoms with E-state index in [9.17, 15) is 4.79 Å². The molecule has 0 spiro atoms. The van der Waals surface area contributed by atoms with E-state index in [2.05, 4.69) is 11.4 Å². The summed E-state index contributed by atoms with van der Waals surface area (Å²) >= 11 is 0. The Morgan fingerprint density at radius 3 is 2.58 bits per heavy atom. The lowest BCUT2D eigenvalue weighted by atomic mass is 10.1. The summed E-state index contributed by atoms with van der Waals surface area (Å²) in [6, 6.07) is 13.7. The number of hydrogen-bond acceptors (Lipinski definition) is 3. The van der Waals surface area contributed by atoms with Crippen molar-refractivity contribution in [1.29, 1.82) is 0 Å². The van der Waals surface area contributed by atoms with E-state index in [0.717, 1.165) is 29.0 Å². The van der Waals surface area contributed by atoms with Crippen LogP contribution in [0.5, 0.6) is 5.75 Å². The van der Waals surface area contributed by atoms with Crippen molar-refractivity contribution in [3.63, 3.8) is 0 Å². The van der Waals surface area contributed by atoms with Crippen molar-refractivity contribution in [3.05, 3.63) is 59.2 Å². The van der Waals surface area contributed by atoms with Gasteiger partial charge in [0.1, 0.15) is 5.75 Å². The molecule has 0 aliphatic heterocycles. The van der Waals surface area contributed by atoms with Crippen molar-refractivity contribution in [3.8, 4) is 5.75 Å². The van der Waals surface area contributed by atoms with Crippen LogP contribution in [-0.4, -0.2) is 19.6 Å². The Kier molecular flexibility index (Phi) is 8.13. The molecule has 0 aliphatic carbocycles. The van der Waals surface area contributed by atoms with Gasteiger partial charge in [-0.05, 0) is 43.0 Å². The van der Waals surface area contributed by atoms with Gasteiger partial charge >= 0.3 is 0 Å². The zero-order chi connectivity index (χ0) is 16.7. The molecule has 0 bridgehead atoms. The minimum Gasteiger partial charge on any atom is -0.496 e. The highest BCUT2D eigenvalue weighted by Gasteiger charge is 2.06. The average Bonchev–Trinajstić information content (AvgIpc) is 2.54. The summed E-state index contributed by atoms with van der Waals surface area (Å²) < 4.78 is 5.35. The number of nitrogen functional groups attached to an aromatic ring is 1. The number of nitrogens with one attached hydrogen (secondary N) is 1. The first-order valence-electron chi connectivity index (χ1n) is 7.83. The van der Waals surface area contributed by atoms with Crippen LogP contribution in [0.2, 0.25) is 0 Å². The molecule has 4 nitrogen and oxygen atoms in total. The predicted octanol–water partition coefficient (Wildman–Crippen LogP) is 3.30. The Balaban J connectivity index is 0.00000288. The molecule has 2 rings (SSSR count). The van der Waals surface area contributed by atoms with Crippen molar-refractivity contribution in [2.24, 2.45) is 0 Å². The van der Waals surface area contributed by atoms with E-state index in [1.165, 1.54) is 5.56 Å². The van der Waals surface area contributed by atoms with E-state index in [1.807, 2.05) is 43.3 Å². The third-order valence-corrected chi connectivity index (χ3v) is 3.83. The summed E-state index contributed by atoms with van der Waals surface area (Å²) in [5, 5.41) is 2.96. The number of carbonyl (C=O) groups is 1. The fourth-order valence-corrected chi connectivity index (χ4v) is 2.54. The zero-order valence-corrected chi connectivity index (χ0v) is 15.0. The monoisotopic (exact) mass is 348 g/mol. The van der Waals surface area contributed by atoms with E-state index in [0.29, 0.717) is 19.4 Å². The molecule has 0 aliphatic rings. The molecule has 24 heavy (non-hydrogen) atoms. The first-order valence-corrected chi connectivity index (χ1v) is 7.83. The summed E-state index contributed by atoms with van der Waals surface area (Å²) in [6.45, 7) is 2.65. The second-order valence-electron chi connectivity index (χ2n) is 5.61. The van der Waals surface area contributed by atoms with Crippen LogP contribution in [-0.2, 0) is 17.6 Å². The number of amides is 1. The van der Waals surface area contributed by atoms with Crippen LogP contribution in [0.25, 0.3) is 0 Å². The Morgan fingerprint density at radius 1 is 1.12 bits per heavy atom. The number of rotatable bonds is 7. The van der Waals surface area contributed by atoms with Crippen LogP contribution >= 0.6 is 12.4 Å². The molecule has 0 radical (unpaired) electrons. The number of benzene rings is 2. The van der Waals surface area contributed by atoms with Crippen molar-refractivity contribution in [2.75, 3.05) is 19.4 Å². The molecule has 2 aromatic carbocycles. The number of nitrogens with two attached hydrogens (primary N) is 1. The number of aryl methyl sites for hydroxylation is 2. The number of para-hydroxylation sites is 1. The molecule has 0 aromatic heterocycles. The zero-order valence-electron chi connectivity index (χ0n) is 14.2. The third-order valence-electron chi connectivity index (χ3n) is 3.83. The molecule has 2 aromatic rings. The van der Waals surface area contributed by atoms with Crippen LogP contribution in [0.3, 0.4) is 0 Å². The Hall–Kier alpha value is -2.20. The van der Waals surface area contributed by atoms with Gasteiger partial charge < -0.3 is 15.8 Å². The molecular weight excluding hydrogens is 324 g/mol. The number of ether oxygens (including phenoxy) is 1. The van der Waals surface area contributed by atoms with Gasteiger partial charge in [-0.3, -0.25) is 4.79 Å². The van der Waals surface area contributed by atoms with Gasteiger partial charge in [-0.15, -0.1) is 12.4 Å². The number of hydrogen-bond donors (Lipinski definition) is 2. The number of carbonyl (C=O) groups excluding carboxylic acids is 1. The molecule has 130 valence electrons. The van der Waals surface area contributed by atoms with Gasteiger partial charge in [0.15, 0.2) is 0 Å². The van der Waals surface area contributed by atoms with Crippen molar-refractivity contribution in [1.82, 2.24) is 5.32 Å². The molecular formula is C19H25ClN2O2. The Morgan fingerprint density at radius 2 is 1.88 bits per heavy atom. The van der Waals surface area contributed by atoms with Crippen LogP contribution in [0.4, 0.5) is 5.69 Å². The Bertz CT molecular complexity index is 674. The van der Waals surface area contributed by atoms with Gasteiger partial charge in [-0.1, -0.05) is 35.9 Å². The quantitative estimate of drug-likeness (QED) is 0.754. The number of anilines is 1. The lowest BCUT2D eigenvalue weighted by molar-refractivity contribution is -0.121. The molecule has 0 heterocycles. The van der Waals surface area contributed by atoms with E-state index in [-0.39, 0.29) is 18.3 Å². The molecule has 3 N–H and O–H groups in total. The fourth-order valence-electron chi connectivity index (χ4n) is 2.54. The maximum Gasteiger partial charge on any atom is 0.220 e. The molecule has 0 unspecified atom stereocenters. The Labute approximate surface area is 149 Å². The van der Waals surface area contributed by atoms with Gasteiger partial charge in [-0.2, -0.15) is 0 Å². The van der Waals surface area contributed by atoms with Crippen LogP contribution in [0.1, 0.15) is 23.1 Å². The topological polar surface area (TPSA) is 64.3 Å². The minimum absolute atomic E-state index is 0. The first kappa shape index (κ1) is 19.8. The van der Waals surface area contributed by atoms with Crippen LogP contribution in [0.15, 0.2) is 42.5 Å². The van der Waals surface area contributed by atoms with Crippen molar-refractivity contribution < 1.29 is 9.53 Å². The molecule has 0 saturated heterocycles. The summed E-state index contributed by atoms with van der Waals surface area (Å²) in [7, 11) is 1.66. The van der Waals surface area contributed by atoms with E-state index in [1.54, 1.807) is 7.11 Å². The van der Waals surface area contributed by atoms with Crippen LogP contribution < -0.4 is 15.8 Å². The maximum absolute atomic E-state index is 12.0. The lowest BCUT2D eigenvalue weighted by Gasteiger charge is -2.10. The smallest absolute Gasteiger partial charge is 0.220 e. The third kappa shape index (κ3) is 5.78. The average molecular weight is 349 g/mol. The van der Waals surface area contributed by atoms with Gasteiger partial charge in [0.25, 0.3) is 0 Å². The molecule has 0 fully saturated rings. The SMILES string of the molecule is COc1ccc(C)cc1CCNC(=O)CCc1ccccc1N.Cl. The van der Waals surface area contributed by atoms with Crippen molar-refractivity contribution >= 4 is 24.0 Å². The molecule has 0 atom stereocenters. The van der Waals surface area contributed by atoms with E-state index >= 15 is 0 Å². The normalized spacial score (nSPS) is 9.92. The van der Waals surface area contributed by atoms with Crippen molar-refractivity contribution in [2.45, 2.75) is 26.2 Å². The van der Waals surface area contributed by atoms with Gasteiger partial charge in [-0.25, -0.2) is 0 Å². The van der Waals surface area contributed by atoms with Gasteiger partial charge in [0, 0.05) is 18.7 Å². The summed E-state index contributed by atoms with van der Waals surface area (Å²) in [5.74, 6) is 0.904. The molecule has 1 amide bonds. The second-order valence-corrected chi connectivity index (χ2v) is 5.61. The summed E-state index contributed by atoms with van der Waals surface area (Å²) in [6.07, 6.45) is 1.86. The maximum atomic E-state index is 12.0. The van der Waals surface area contributed by atoms with Gasteiger partial charge in [0.2, 0.25) is 5.91 Å². The lowest BCUT2D eigenvalue weighted by Crippen LogP contribution is -2.26. The highest BCUT2D eigenvalue weighted by atomic mass is 35.5. The largest absolute Gasteiger partial charge is 0.496 e. The summed E-state index contributed by atoms with van der Waals surface area (Å²) in [4.78, 5) is 12.0. The summed E-state index contributed by atoms with van der Waals surface area (Å²) in [5.41, 5.74) is 9.94. The highest BCUT2D eigenvalue weighted by Crippen LogP contribution is 2.19. The number of halogens is 1. The predicted molar refractivity (Wildman–Crippen MR) is 101 cm³/mol. The number of methoxy groups -OCH3 is 1. The fraction of sp³-hybridized carbons (Fsp3) is 0.316. The standard InChI is InChI=1S/C19H24N2O2.ClH/c1-14-7-9-18(23-2)16(13-14)11-12-21-19(22)10-8-15-5-3-4-6-17(15)20;/h3-7,9,13H,8,10-12,20H2,1-2H3,(H,21,22);1H. The van der Waals surface area contributed by atoms with E-state index in [4.69, 9.17) is 10.5 Å². The molecule has 5 heteroatoms. The van der Waals surface area contributed by atoms with E-state index < -0.39 is 0 Å². The highest BCUT2D eigenvalue weighted by molar-refractivity contribution is 5.85. The van der Waals surface area contributed by atoms with Crippen LogP contribution in [0, 0.1) is 6.92 Å². The first-order chi connectivity index (χ1) is 11.1. The minimum atomic E-state index is 0. The van der Waals surface area contributed by atoms with Gasteiger partial charge in [0.05, 0.1) is 7.11 Å². The molecule has 0 saturated carbocycles.